The molecule has 224 valence electrons. The van der Waals surface area contributed by atoms with Gasteiger partial charge in [-0.15, -0.1) is 0 Å². The molecule has 0 heterocycles. The van der Waals surface area contributed by atoms with Gasteiger partial charge in [-0.05, 0) is 123 Å². The topological polar surface area (TPSA) is 74.6 Å². The molecule has 0 aliphatic heterocycles. The molecule has 0 radical (unpaired) electrons. The number of rotatable bonds is 7. The molecule has 40 heavy (non-hydrogen) atoms. The van der Waals surface area contributed by atoms with Crippen molar-refractivity contribution in [3.8, 4) is 0 Å². The van der Waals surface area contributed by atoms with Gasteiger partial charge in [-0.1, -0.05) is 71.4 Å². The molecule has 1 aromatic carbocycles. The first-order valence-corrected chi connectivity index (χ1v) is 17.6. The van der Waals surface area contributed by atoms with Crippen molar-refractivity contribution in [2.45, 2.75) is 128 Å². The van der Waals surface area contributed by atoms with Crippen molar-refractivity contribution in [2.75, 3.05) is 0 Å². The van der Waals surface area contributed by atoms with Crippen LogP contribution in [0.1, 0.15) is 106 Å². The lowest BCUT2D eigenvalue weighted by atomic mass is 9.50. The van der Waals surface area contributed by atoms with E-state index >= 15 is 0 Å². The third-order valence-electron chi connectivity index (χ3n) is 12.5. The molecule has 0 bridgehead atoms. The lowest BCUT2D eigenvalue weighted by molar-refractivity contribution is -0.0468. The Hall–Kier alpha value is -1.17. The number of fused-ring (bicyclic) bond motifs is 5. The van der Waals surface area contributed by atoms with Gasteiger partial charge in [0.25, 0.3) is 0 Å². The van der Waals surface area contributed by atoms with Crippen molar-refractivity contribution >= 4 is 9.84 Å². The summed E-state index contributed by atoms with van der Waals surface area (Å²) >= 11 is 0. The quantitative estimate of drug-likeness (QED) is 0.331. The van der Waals surface area contributed by atoms with Crippen LogP contribution in [0.3, 0.4) is 0 Å². The van der Waals surface area contributed by atoms with Crippen molar-refractivity contribution in [2.24, 2.45) is 46.3 Å². The zero-order chi connectivity index (χ0) is 29.1. The molecule has 0 saturated heterocycles. The molecule has 5 rings (SSSR count). The second-order valence-corrected chi connectivity index (χ2v) is 17.6. The monoisotopic (exact) mass is 570 g/mol. The summed E-state index contributed by atoms with van der Waals surface area (Å²) in [6.07, 6.45) is 11.6. The van der Waals surface area contributed by atoms with E-state index in [2.05, 4.69) is 26.8 Å². The lowest BCUT2D eigenvalue weighted by Gasteiger charge is -2.55. The Morgan fingerprint density at radius 3 is 2.38 bits per heavy atom. The Balaban J connectivity index is 1.42. The van der Waals surface area contributed by atoms with E-state index in [9.17, 15) is 18.6 Å². The highest BCUT2D eigenvalue weighted by atomic mass is 32.2. The molecule has 0 aromatic heterocycles. The number of sulfone groups is 1. The highest BCUT2D eigenvalue weighted by Gasteiger charge is 2.58. The Morgan fingerprint density at radius 1 is 1.02 bits per heavy atom. The predicted molar refractivity (Wildman–Crippen MR) is 162 cm³/mol. The standard InChI is InChI=1S/C35H54O4S/c1-7-35(37)20-18-26-24(22-35)13-14-28-27(26)17-19-34(6)29(15-16-30(28)34)23(2)31(21-32(36)33(3,4)5)40(38,39)25-11-9-8-10-12-25/h8-13,23,26-32,36-37H,7,14-22H2,1-6H3/t23-,26-,27+,28+,29+,30-,31?,32?,34+,35-/m0/s1. The number of aliphatic hydroxyl groups excluding tert-OH is 1. The molecule has 3 fully saturated rings. The van der Waals surface area contributed by atoms with Crippen molar-refractivity contribution < 1.29 is 18.6 Å². The van der Waals surface area contributed by atoms with Crippen LogP contribution < -0.4 is 0 Å². The van der Waals surface area contributed by atoms with Crippen LogP contribution in [0, 0.1) is 46.3 Å². The third-order valence-corrected chi connectivity index (χ3v) is 14.8. The number of allylic oxidation sites excluding steroid dienone is 1. The van der Waals surface area contributed by atoms with Gasteiger partial charge < -0.3 is 10.2 Å². The first-order valence-electron chi connectivity index (χ1n) is 16.1. The van der Waals surface area contributed by atoms with Gasteiger partial charge in [0.05, 0.1) is 21.9 Å². The normalized spacial score (nSPS) is 38.4. The van der Waals surface area contributed by atoms with E-state index in [1.165, 1.54) is 18.4 Å². The second-order valence-electron chi connectivity index (χ2n) is 15.5. The van der Waals surface area contributed by atoms with Crippen LogP contribution in [0.25, 0.3) is 0 Å². The fourth-order valence-corrected chi connectivity index (χ4v) is 11.9. The number of aliphatic hydroxyl groups is 2. The van der Waals surface area contributed by atoms with Gasteiger partial charge in [0.2, 0.25) is 0 Å². The molecular formula is C35H54O4S. The zero-order valence-corrected chi connectivity index (χ0v) is 26.6. The summed E-state index contributed by atoms with van der Waals surface area (Å²) in [5.41, 5.74) is 0.763. The third kappa shape index (κ3) is 5.26. The van der Waals surface area contributed by atoms with Gasteiger partial charge in [0, 0.05) is 0 Å². The minimum absolute atomic E-state index is 0.0299. The number of hydrogen-bond donors (Lipinski definition) is 2. The van der Waals surface area contributed by atoms with Crippen molar-refractivity contribution in [3.63, 3.8) is 0 Å². The maximum absolute atomic E-state index is 14.2. The number of hydrogen-bond acceptors (Lipinski definition) is 4. The maximum Gasteiger partial charge on any atom is 0.181 e. The lowest BCUT2D eigenvalue weighted by Crippen LogP contribution is -2.49. The summed E-state index contributed by atoms with van der Waals surface area (Å²) in [5, 5.41) is 21.6. The molecule has 4 nitrogen and oxygen atoms in total. The zero-order valence-electron chi connectivity index (χ0n) is 25.8. The maximum atomic E-state index is 14.2. The Morgan fingerprint density at radius 2 is 1.73 bits per heavy atom. The fraction of sp³-hybridized carbons (Fsp3) is 0.771. The van der Waals surface area contributed by atoms with Crippen LogP contribution in [0.5, 0.6) is 0 Å². The van der Waals surface area contributed by atoms with Gasteiger partial charge in [0.1, 0.15) is 0 Å². The van der Waals surface area contributed by atoms with Crippen molar-refractivity contribution in [1.29, 1.82) is 0 Å². The minimum atomic E-state index is -3.60. The average Bonchev–Trinajstić information content (AvgIpc) is 3.28. The highest BCUT2D eigenvalue weighted by molar-refractivity contribution is 7.92. The van der Waals surface area contributed by atoms with Gasteiger partial charge in [-0.3, -0.25) is 0 Å². The highest BCUT2D eigenvalue weighted by Crippen LogP contribution is 2.65. The summed E-state index contributed by atoms with van der Waals surface area (Å²) < 4.78 is 28.4. The molecule has 0 amide bonds. The predicted octanol–water partition coefficient (Wildman–Crippen LogP) is 7.59. The van der Waals surface area contributed by atoms with Gasteiger partial charge in [-0.2, -0.15) is 0 Å². The van der Waals surface area contributed by atoms with E-state index in [0.717, 1.165) is 44.9 Å². The molecule has 2 N–H and O–H groups in total. The molecule has 3 saturated carbocycles. The SMILES string of the molecule is CC[C@]1(O)CC[C@H]2C(=CC[C@@H]3[C@@H]2CC[C@]2(C)[C@@H]([C@H](C)C(CC(O)C(C)(C)C)S(=O)(=O)c4ccccc4)CC[C@@H]32)C1. The molecule has 10 atom stereocenters. The summed E-state index contributed by atoms with van der Waals surface area (Å²) in [6, 6.07) is 8.92. The fourth-order valence-electron chi connectivity index (χ4n) is 9.81. The van der Waals surface area contributed by atoms with E-state index in [1.807, 2.05) is 26.8 Å². The average molecular weight is 571 g/mol. The van der Waals surface area contributed by atoms with E-state index in [-0.39, 0.29) is 23.2 Å². The largest absolute Gasteiger partial charge is 0.393 e. The Bertz CT molecular complexity index is 1180. The van der Waals surface area contributed by atoms with Crippen LogP contribution >= 0.6 is 0 Å². The molecule has 4 aliphatic rings. The van der Waals surface area contributed by atoms with Crippen LogP contribution in [-0.4, -0.2) is 35.6 Å². The molecule has 4 aliphatic carbocycles. The number of benzene rings is 1. The first kappa shape index (κ1) is 30.3. The molecule has 5 heteroatoms. The molecule has 2 unspecified atom stereocenters. The van der Waals surface area contributed by atoms with Crippen LogP contribution in [0.15, 0.2) is 46.9 Å². The summed E-state index contributed by atoms with van der Waals surface area (Å²) in [4.78, 5) is 0.380. The van der Waals surface area contributed by atoms with Gasteiger partial charge in [0.15, 0.2) is 9.84 Å². The molecular weight excluding hydrogens is 516 g/mol. The molecule has 1 aromatic rings. The first-order chi connectivity index (χ1) is 18.7. The Labute approximate surface area is 244 Å². The van der Waals surface area contributed by atoms with E-state index in [4.69, 9.17) is 0 Å². The van der Waals surface area contributed by atoms with Crippen LogP contribution in [0.2, 0.25) is 0 Å². The summed E-state index contributed by atoms with van der Waals surface area (Å²) in [7, 11) is -3.60. The van der Waals surface area contributed by atoms with E-state index < -0.39 is 26.8 Å². The minimum Gasteiger partial charge on any atom is -0.393 e. The van der Waals surface area contributed by atoms with E-state index in [0.29, 0.717) is 34.5 Å². The second kappa shape index (κ2) is 10.8. The van der Waals surface area contributed by atoms with Gasteiger partial charge >= 0.3 is 0 Å². The van der Waals surface area contributed by atoms with Crippen LogP contribution in [0.4, 0.5) is 0 Å². The van der Waals surface area contributed by atoms with Crippen molar-refractivity contribution in [3.05, 3.63) is 42.0 Å². The summed E-state index contributed by atoms with van der Waals surface area (Å²) in [5.74, 6) is 2.92. The Kier molecular flexibility index (Phi) is 8.20. The van der Waals surface area contributed by atoms with Crippen molar-refractivity contribution in [1.82, 2.24) is 0 Å². The summed E-state index contributed by atoms with van der Waals surface area (Å²) in [6.45, 7) is 12.8. The van der Waals surface area contributed by atoms with Gasteiger partial charge in [-0.25, -0.2) is 8.42 Å². The molecule has 0 spiro atoms. The van der Waals surface area contributed by atoms with E-state index in [1.54, 1.807) is 24.3 Å². The smallest absolute Gasteiger partial charge is 0.181 e. The van der Waals surface area contributed by atoms with Crippen LogP contribution in [-0.2, 0) is 9.84 Å².